The summed E-state index contributed by atoms with van der Waals surface area (Å²) < 4.78 is 1.69. The highest BCUT2D eigenvalue weighted by Gasteiger charge is 2.17. The molecule has 3 aromatic rings. The second-order valence-corrected chi connectivity index (χ2v) is 5.26. The van der Waals surface area contributed by atoms with Crippen molar-refractivity contribution in [3.63, 3.8) is 0 Å². The molecule has 25 heavy (non-hydrogen) atoms. The second kappa shape index (κ2) is 6.76. The van der Waals surface area contributed by atoms with Gasteiger partial charge in [-0.05, 0) is 12.1 Å². The van der Waals surface area contributed by atoms with E-state index in [1.807, 2.05) is 30.3 Å². The molecule has 7 nitrogen and oxygen atoms in total. The minimum absolute atomic E-state index is 0.0688. The molecular formula is C18H13N5O2. The molecule has 0 atom stereocenters. The lowest BCUT2D eigenvalue weighted by molar-refractivity contribution is -0.385. The summed E-state index contributed by atoms with van der Waals surface area (Å²) in [4.78, 5) is 10.7. The largest absolute Gasteiger partial charge is 0.310 e. The van der Waals surface area contributed by atoms with E-state index in [-0.39, 0.29) is 11.3 Å². The van der Waals surface area contributed by atoms with Crippen molar-refractivity contribution in [1.29, 1.82) is 5.26 Å². The lowest BCUT2D eigenvalue weighted by atomic mass is 10.1. The minimum Gasteiger partial charge on any atom is -0.310 e. The topological polar surface area (TPSA) is 97.6 Å². The molecular weight excluding hydrogens is 318 g/mol. The van der Waals surface area contributed by atoms with E-state index >= 15 is 0 Å². The van der Waals surface area contributed by atoms with Gasteiger partial charge in [-0.15, -0.1) is 10.2 Å². The maximum Gasteiger partial charge on any atom is 0.276 e. The highest BCUT2D eigenvalue weighted by atomic mass is 16.6. The van der Waals surface area contributed by atoms with Gasteiger partial charge in [0, 0.05) is 18.7 Å². The SMILES string of the molecule is Cn1c(C(C#N)=Cc2ccccc2[N+](=O)[O-])nnc1-c1ccccc1. The smallest absolute Gasteiger partial charge is 0.276 e. The van der Waals surface area contributed by atoms with E-state index < -0.39 is 4.92 Å². The van der Waals surface area contributed by atoms with Crippen molar-refractivity contribution in [2.24, 2.45) is 7.05 Å². The van der Waals surface area contributed by atoms with E-state index in [9.17, 15) is 15.4 Å². The van der Waals surface area contributed by atoms with E-state index in [1.165, 1.54) is 12.1 Å². The van der Waals surface area contributed by atoms with Crippen LogP contribution in [0, 0.1) is 21.4 Å². The number of aromatic nitrogens is 3. The quantitative estimate of drug-likeness (QED) is 0.414. The number of para-hydroxylation sites is 1. The summed E-state index contributed by atoms with van der Waals surface area (Å²) in [7, 11) is 1.75. The molecule has 1 aromatic heterocycles. The molecule has 1 heterocycles. The van der Waals surface area contributed by atoms with Gasteiger partial charge in [0.2, 0.25) is 0 Å². The Morgan fingerprint density at radius 3 is 2.52 bits per heavy atom. The molecule has 0 amide bonds. The monoisotopic (exact) mass is 331 g/mol. The van der Waals surface area contributed by atoms with Crippen LogP contribution in [-0.2, 0) is 7.05 Å². The molecule has 0 radical (unpaired) electrons. The van der Waals surface area contributed by atoms with Gasteiger partial charge in [-0.1, -0.05) is 42.5 Å². The summed E-state index contributed by atoms with van der Waals surface area (Å²) in [6.07, 6.45) is 1.46. The van der Waals surface area contributed by atoms with Gasteiger partial charge >= 0.3 is 0 Å². The van der Waals surface area contributed by atoms with E-state index in [4.69, 9.17) is 0 Å². The lowest BCUT2D eigenvalue weighted by Crippen LogP contribution is -1.99. The molecule has 122 valence electrons. The number of nitro benzene ring substituents is 1. The number of nitriles is 1. The number of hydrogen-bond acceptors (Lipinski definition) is 5. The Morgan fingerprint density at radius 1 is 1.16 bits per heavy atom. The Morgan fingerprint density at radius 2 is 1.84 bits per heavy atom. The predicted octanol–water partition coefficient (Wildman–Crippen LogP) is 3.45. The number of rotatable bonds is 4. The number of hydrogen-bond donors (Lipinski definition) is 0. The van der Waals surface area contributed by atoms with Crippen LogP contribution in [0.2, 0.25) is 0 Å². The lowest BCUT2D eigenvalue weighted by Gasteiger charge is -2.03. The van der Waals surface area contributed by atoms with Crippen LogP contribution in [0.25, 0.3) is 23.0 Å². The third-order valence-corrected chi connectivity index (χ3v) is 3.70. The maximum absolute atomic E-state index is 11.1. The normalized spacial score (nSPS) is 11.1. The highest BCUT2D eigenvalue weighted by Crippen LogP contribution is 2.25. The molecule has 0 aliphatic heterocycles. The third-order valence-electron chi connectivity index (χ3n) is 3.70. The molecule has 0 aliphatic rings. The van der Waals surface area contributed by atoms with Crippen molar-refractivity contribution in [2.45, 2.75) is 0 Å². The molecule has 0 saturated carbocycles. The van der Waals surface area contributed by atoms with Crippen LogP contribution in [-0.4, -0.2) is 19.7 Å². The van der Waals surface area contributed by atoms with Crippen LogP contribution in [0.1, 0.15) is 11.4 Å². The van der Waals surface area contributed by atoms with Crippen molar-refractivity contribution in [3.8, 4) is 17.5 Å². The molecule has 0 aliphatic carbocycles. The van der Waals surface area contributed by atoms with Gasteiger partial charge in [-0.2, -0.15) is 5.26 Å². The van der Waals surface area contributed by atoms with E-state index in [0.717, 1.165) is 5.56 Å². The highest BCUT2D eigenvalue weighted by molar-refractivity contribution is 5.89. The van der Waals surface area contributed by atoms with Gasteiger partial charge < -0.3 is 4.57 Å². The van der Waals surface area contributed by atoms with Gasteiger partial charge in [-0.25, -0.2) is 0 Å². The fourth-order valence-electron chi connectivity index (χ4n) is 2.48. The molecule has 0 bridgehead atoms. The summed E-state index contributed by atoms with van der Waals surface area (Å²) in [6.45, 7) is 0. The number of nitrogens with zero attached hydrogens (tertiary/aromatic N) is 5. The van der Waals surface area contributed by atoms with Gasteiger partial charge in [0.25, 0.3) is 5.69 Å². The molecule has 0 N–H and O–H groups in total. The van der Waals surface area contributed by atoms with Crippen LogP contribution in [0.3, 0.4) is 0 Å². The molecule has 0 fully saturated rings. The zero-order chi connectivity index (χ0) is 17.8. The Hall–Kier alpha value is -3.79. The minimum atomic E-state index is -0.479. The van der Waals surface area contributed by atoms with Crippen molar-refractivity contribution >= 4 is 17.3 Å². The molecule has 7 heteroatoms. The number of nitro groups is 1. The Kier molecular flexibility index (Phi) is 4.35. The van der Waals surface area contributed by atoms with Gasteiger partial charge in [-0.3, -0.25) is 10.1 Å². The van der Waals surface area contributed by atoms with Crippen LogP contribution in [0.5, 0.6) is 0 Å². The molecule has 0 unspecified atom stereocenters. The molecule has 0 saturated heterocycles. The molecule has 2 aromatic carbocycles. The summed E-state index contributed by atoms with van der Waals surface area (Å²) in [5, 5.41) is 28.9. The zero-order valence-corrected chi connectivity index (χ0v) is 13.3. The first-order valence-electron chi connectivity index (χ1n) is 7.42. The number of allylic oxidation sites excluding steroid dienone is 1. The van der Waals surface area contributed by atoms with Crippen molar-refractivity contribution < 1.29 is 4.92 Å². The van der Waals surface area contributed by atoms with Crippen molar-refractivity contribution in [3.05, 3.63) is 76.1 Å². The van der Waals surface area contributed by atoms with Gasteiger partial charge in [0.15, 0.2) is 11.6 Å². The Balaban J connectivity index is 2.08. The Bertz CT molecular complexity index is 1000. The Labute approximate surface area is 143 Å². The first-order chi connectivity index (χ1) is 12.1. The number of benzene rings is 2. The van der Waals surface area contributed by atoms with Crippen molar-refractivity contribution in [1.82, 2.24) is 14.8 Å². The van der Waals surface area contributed by atoms with E-state index in [1.54, 1.807) is 29.8 Å². The van der Waals surface area contributed by atoms with Crippen molar-refractivity contribution in [2.75, 3.05) is 0 Å². The summed E-state index contributed by atoms with van der Waals surface area (Å²) in [5.41, 5.74) is 1.34. The third kappa shape index (κ3) is 3.14. The van der Waals surface area contributed by atoms with Crippen LogP contribution < -0.4 is 0 Å². The van der Waals surface area contributed by atoms with E-state index in [2.05, 4.69) is 16.3 Å². The fraction of sp³-hybridized carbons (Fsp3) is 0.0556. The van der Waals surface area contributed by atoms with Crippen LogP contribution in [0.4, 0.5) is 5.69 Å². The average molecular weight is 331 g/mol. The average Bonchev–Trinajstić information content (AvgIpc) is 3.02. The summed E-state index contributed by atoms with van der Waals surface area (Å²) in [5.74, 6) is 0.957. The summed E-state index contributed by atoms with van der Waals surface area (Å²) >= 11 is 0. The van der Waals surface area contributed by atoms with Gasteiger partial charge in [0.1, 0.15) is 6.07 Å². The van der Waals surface area contributed by atoms with Crippen LogP contribution >= 0.6 is 0 Å². The zero-order valence-electron chi connectivity index (χ0n) is 13.3. The first-order valence-corrected chi connectivity index (χ1v) is 7.42. The predicted molar refractivity (Wildman–Crippen MR) is 93.0 cm³/mol. The van der Waals surface area contributed by atoms with E-state index in [0.29, 0.717) is 17.2 Å². The fourth-order valence-corrected chi connectivity index (χ4v) is 2.48. The molecule has 0 spiro atoms. The van der Waals surface area contributed by atoms with Crippen LogP contribution in [0.15, 0.2) is 54.6 Å². The van der Waals surface area contributed by atoms with Gasteiger partial charge in [0.05, 0.1) is 16.1 Å². The second-order valence-electron chi connectivity index (χ2n) is 5.26. The summed E-state index contributed by atoms with van der Waals surface area (Å²) in [6, 6.07) is 17.8. The standard InChI is InChI=1S/C18H13N5O2/c1-22-17(13-7-3-2-4-8-13)20-21-18(22)15(12-19)11-14-9-5-6-10-16(14)23(24)25/h2-11H,1H3. The first kappa shape index (κ1) is 16.1. The maximum atomic E-state index is 11.1. The molecule has 3 rings (SSSR count).